The highest BCUT2D eigenvalue weighted by atomic mass is 16.7. The SMILES string of the molecule is CCOC(/C=C/C(C)CC)OCC. The Hall–Kier alpha value is -0.340. The quantitative estimate of drug-likeness (QED) is 0.449. The normalized spacial score (nSPS) is 14.2. The summed E-state index contributed by atoms with van der Waals surface area (Å²) in [6.45, 7) is 9.69. The van der Waals surface area contributed by atoms with E-state index in [1.807, 2.05) is 19.9 Å². The van der Waals surface area contributed by atoms with Crippen molar-refractivity contribution in [1.29, 1.82) is 0 Å². The van der Waals surface area contributed by atoms with Gasteiger partial charge in [0, 0.05) is 13.2 Å². The van der Waals surface area contributed by atoms with Crippen LogP contribution in [0.1, 0.15) is 34.1 Å². The molecule has 0 aliphatic rings. The molecule has 0 spiro atoms. The number of allylic oxidation sites excluding steroid dienone is 1. The monoisotopic (exact) mass is 186 g/mol. The van der Waals surface area contributed by atoms with Gasteiger partial charge in [-0.1, -0.05) is 26.3 Å². The lowest BCUT2D eigenvalue weighted by Gasteiger charge is -2.13. The summed E-state index contributed by atoms with van der Waals surface area (Å²) in [5.74, 6) is 0.600. The van der Waals surface area contributed by atoms with Gasteiger partial charge in [0.1, 0.15) is 0 Å². The van der Waals surface area contributed by atoms with Crippen LogP contribution < -0.4 is 0 Å². The summed E-state index contributed by atoms with van der Waals surface area (Å²) in [6, 6.07) is 0. The van der Waals surface area contributed by atoms with E-state index in [2.05, 4.69) is 19.9 Å². The van der Waals surface area contributed by atoms with Gasteiger partial charge >= 0.3 is 0 Å². The summed E-state index contributed by atoms with van der Waals surface area (Å²) in [6.07, 6.45) is 5.14. The molecule has 0 radical (unpaired) electrons. The first-order valence-electron chi connectivity index (χ1n) is 5.16. The van der Waals surface area contributed by atoms with E-state index in [1.54, 1.807) is 0 Å². The molecule has 1 atom stereocenters. The molecule has 0 saturated heterocycles. The smallest absolute Gasteiger partial charge is 0.176 e. The first-order valence-corrected chi connectivity index (χ1v) is 5.16. The van der Waals surface area contributed by atoms with Gasteiger partial charge in [-0.3, -0.25) is 0 Å². The highest BCUT2D eigenvalue weighted by molar-refractivity contribution is 4.88. The molecule has 0 saturated carbocycles. The van der Waals surface area contributed by atoms with Gasteiger partial charge in [0.2, 0.25) is 0 Å². The van der Waals surface area contributed by atoms with Crippen molar-refractivity contribution in [2.45, 2.75) is 40.4 Å². The lowest BCUT2D eigenvalue weighted by atomic mass is 10.1. The third-order valence-electron chi connectivity index (χ3n) is 1.90. The van der Waals surface area contributed by atoms with Crippen molar-refractivity contribution in [2.75, 3.05) is 13.2 Å². The molecule has 0 bridgehead atoms. The van der Waals surface area contributed by atoms with Crippen LogP contribution in [0.4, 0.5) is 0 Å². The summed E-state index contributed by atoms with van der Waals surface area (Å²) in [5, 5.41) is 0. The van der Waals surface area contributed by atoms with Gasteiger partial charge in [-0.15, -0.1) is 0 Å². The van der Waals surface area contributed by atoms with E-state index in [0.29, 0.717) is 19.1 Å². The first kappa shape index (κ1) is 12.7. The number of rotatable bonds is 7. The predicted octanol–water partition coefficient (Wildman–Crippen LogP) is 2.99. The van der Waals surface area contributed by atoms with E-state index in [0.717, 1.165) is 6.42 Å². The van der Waals surface area contributed by atoms with Crippen molar-refractivity contribution in [3.8, 4) is 0 Å². The largest absolute Gasteiger partial charge is 0.349 e. The third-order valence-corrected chi connectivity index (χ3v) is 1.90. The van der Waals surface area contributed by atoms with E-state index >= 15 is 0 Å². The van der Waals surface area contributed by atoms with Crippen LogP contribution >= 0.6 is 0 Å². The Morgan fingerprint density at radius 3 is 1.92 bits per heavy atom. The van der Waals surface area contributed by atoms with Gasteiger partial charge < -0.3 is 9.47 Å². The lowest BCUT2D eigenvalue weighted by Crippen LogP contribution is -2.14. The van der Waals surface area contributed by atoms with Crippen LogP contribution in [0.5, 0.6) is 0 Å². The number of ether oxygens (including phenoxy) is 2. The van der Waals surface area contributed by atoms with Crippen LogP contribution in [0, 0.1) is 5.92 Å². The molecule has 0 aliphatic carbocycles. The minimum absolute atomic E-state index is 0.163. The molecule has 0 fully saturated rings. The molecule has 0 aromatic heterocycles. The maximum Gasteiger partial charge on any atom is 0.176 e. The average molecular weight is 186 g/mol. The van der Waals surface area contributed by atoms with E-state index < -0.39 is 0 Å². The van der Waals surface area contributed by atoms with Crippen molar-refractivity contribution in [2.24, 2.45) is 5.92 Å². The summed E-state index contributed by atoms with van der Waals surface area (Å²) in [4.78, 5) is 0. The average Bonchev–Trinajstić information content (AvgIpc) is 2.14. The fourth-order valence-corrected chi connectivity index (χ4v) is 0.904. The summed E-state index contributed by atoms with van der Waals surface area (Å²) in [7, 11) is 0. The van der Waals surface area contributed by atoms with Crippen molar-refractivity contribution in [1.82, 2.24) is 0 Å². The molecule has 0 aliphatic heterocycles. The predicted molar refractivity (Wildman–Crippen MR) is 55.6 cm³/mol. The molecule has 78 valence electrons. The van der Waals surface area contributed by atoms with Gasteiger partial charge in [0.25, 0.3) is 0 Å². The Bertz CT molecular complexity index is 126. The minimum atomic E-state index is -0.163. The molecule has 0 aromatic rings. The molecule has 13 heavy (non-hydrogen) atoms. The van der Waals surface area contributed by atoms with Crippen LogP contribution in [0.2, 0.25) is 0 Å². The Balaban J connectivity index is 3.84. The topological polar surface area (TPSA) is 18.5 Å². The van der Waals surface area contributed by atoms with E-state index in [4.69, 9.17) is 9.47 Å². The first-order chi connectivity index (χ1) is 6.24. The Morgan fingerprint density at radius 2 is 1.54 bits per heavy atom. The molecular formula is C11H22O2. The van der Waals surface area contributed by atoms with E-state index in [-0.39, 0.29) is 6.29 Å². The van der Waals surface area contributed by atoms with Crippen LogP contribution in [-0.2, 0) is 9.47 Å². The summed E-state index contributed by atoms with van der Waals surface area (Å²) >= 11 is 0. The minimum Gasteiger partial charge on any atom is -0.349 e. The Labute approximate surface area is 81.9 Å². The van der Waals surface area contributed by atoms with Crippen LogP contribution in [0.15, 0.2) is 12.2 Å². The molecule has 0 heterocycles. The molecule has 0 amide bonds. The van der Waals surface area contributed by atoms with Crippen molar-refractivity contribution in [3.63, 3.8) is 0 Å². The van der Waals surface area contributed by atoms with E-state index in [9.17, 15) is 0 Å². The maximum atomic E-state index is 5.37. The fraction of sp³-hybridized carbons (Fsp3) is 0.818. The zero-order chi connectivity index (χ0) is 10.1. The number of hydrogen-bond donors (Lipinski definition) is 0. The standard InChI is InChI=1S/C11H22O2/c1-5-10(4)8-9-11(12-6-2)13-7-3/h8-11H,5-7H2,1-4H3/b9-8+. The number of hydrogen-bond acceptors (Lipinski definition) is 2. The second kappa shape index (κ2) is 8.27. The van der Waals surface area contributed by atoms with Crippen molar-refractivity contribution in [3.05, 3.63) is 12.2 Å². The van der Waals surface area contributed by atoms with Gasteiger partial charge in [0.05, 0.1) is 0 Å². The van der Waals surface area contributed by atoms with Gasteiger partial charge in [-0.2, -0.15) is 0 Å². The Morgan fingerprint density at radius 1 is 1.00 bits per heavy atom. The summed E-state index contributed by atoms with van der Waals surface area (Å²) in [5.41, 5.74) is 0. The molecule has 2 heteroatoms. The van der Waals surface area contributed by atoms with Gasteiger partial charge in [-0.25, -0.2) is 0 Å². The molecule has 0 rings (SSSR count). The molecule has 0 aromatic carbocycles. The van der Waals surface area contributed by atoms with Gasteiger partial charge in [0.15, 0.2) is 6.29 Å². The highest BCUT2D eigenvalue weighted by Gasteiger charge is 2.02. The molecule has 1 unspecified atom stereocenters. The second-order valence-electron chi connectivity index (χ2n) is 3.05. The second-order valence-corrected chi connectivity index (χ2v) is 3.05. The van der Waals surface area contributed by atoms with Crippen LogP contribution in [0.3, 0.4) is 0 Å². The zero-order valence-electron chi connectivity index (χ0n) is 9.25. The fourth-order valence-electron chi connectivity index (χ4n) is 0.904. The third kappa shape index (κ3) is 6.79. The zero-order valence-corrected chi connectivity index (χ0v) is 9.25. The Kier molecular flexibility index (Phi) is 8.05. The summed E-state index contributed by atoms with van der Waals surface area (Å²) < 4.78 is 10.7. The van der Waals surface area contributed by atoms with Crippen LogP contribution in [-0.4, -0.2) is 19.5 Å². The van der Waals surface area contributed by atoms with Gasteiger partial charge in [-0.05, 0) is 25.8 Å². The van der Waals surface area contributed by atoms with Crippen LogP contribution in [0.25, 0.3) is 0 Å². The highest BCUT2D eigenvalue weighted by Crippen LogP contribution is 2.05. The van der Waals surface area contributed by atoms with Crippen molar-refractivity contribution >= 4 is 0 Å². The maximum absolute atomic E-state index is 5.37. The molecular weight excluding hydrogens is 164 g/mol. The molecule has 2 nitrogen and oxygen atoms in total. The molecule has 0 N–H and O–H groups in total. The lowest BCUT2D eigenvalue weighted by molar-refractivity contribution is -0.104. The van der Waals surface area contributed by atoms with Crippen molar-refractivity contribution < 1.29 is 9.47 Å². The van der Waals surface area contributed by atoms with E-state index in [1.165, 1.54) is 0 Å².